The van der Waals surface area contributed by atoms with Crippen molar-refractivity contribution in [2.45, 2.75) is 33.7 Å². The number of rotatable bonds is 4. The first-order valence-electron chi connectivity index (χ1n) is 6.52. The normalized spacial score (nSPS) is 12.7. The molecule has 0 saturated carbocycles. The van der Waals surface area contributed by atoms with Crippen molar-refractivity contribution in [2.24, 2.45) is 0 Å². The first kappa shape index (κ1) is 13.3. The van der Waals surface area contributed by atoms with E-state index in [2.05, 4.69) is 63.3 Å². The Kier molecular flexibility index (Phi) is 4.20. The van der Waals surface area contributed by atoms with Gasteiger partial charge in [-0.3, -0.25) is 0 Å². The molecule has 1 aromatic carbocycles. The first-order valence-corrected chi connectivity index (χ1v) is 7.33. The zero-order chi connectivity index (χ0) is 13.1. The number of thiophene rings is 1. The van der Waals surface area contributed by atoms with Gasteiger partial charge in [0.05, 0.1) is 0 Å². The van der Waals surface area contributed by atoms with Gasteiger partial charge in [0.1, 0.15) is 0 Å². The molecule has 1 atom stereocenters. The highest BCUT2D eigenvalue weighted by Gasteiger charge is 2.09. The first-order chi connectivity index (χ1) is 8.60. The molecule has 0 aliphatic heterocycles. The number of nitrogens with one attached hydrogen (secondary N) is 1. The van der Waals surface area contributed by atoms with E-state index in [1.165, 1.54) is 26.4 Å². The lowest BCUT2D eigenvalue weighted by Crippen LogP contribution is -2.16. The lowest BCUT2D eigenvalue weighted by atomic mass is 10.1. The summed E-state index contributed by atoms with van der Waals surface area (Å²) in [7, 11) is 0. The molecule has 0 saturated heterocycles. The second-order valence-electron chi connectivity index (χ2n) is 4.86. The van der Waals surface area contributed by atoms with Crippen LogP contribution in [0.5, 0.6) is 0 Å². The summed E-state index contributed by atoms with van der Waals surface area (Å²) < 4.78 is 0. The van der Waals surface area contributed by atoms with E-state index in [0.717, 1.165) is 6.54 Å². The Morgan fingerprint density at radius 3 is 2.39 bits per heavy atom. The Balaban J connectivity index is 2.29. The third-order valence-corrected chi connectivity index (χ3v) is 4.39. The van der Waals surface area contributed by atoms with Crippen LogP contribution in [0.3, 0.4) is 0 Å². The van der Waals surface area contributed by atoms with Crippen LogP contribution in [0.2, 0.25) is 0 Å². The van der Waals surface area contributed by atoms with Crippen molar-refractivity contribution in [2.75, 3.05) is 6.54 Å². The fourth-order valence-electron chi connectivity index (χ4n) is 2.26. The third kappa shape index (κ3) is 3.01. The zero-order valence-electron chi connectivity index (χ0n) is 11.6. The van der Waals surface area contributed by atoms with Crippen molar-refractivity contribution >= 4 is 11.3 Å². The molecular formula is C16H21NS. The van der Waals surface area contributed by atoms with Gasteiger partial charge in [0.25, 0.3) is 0 Å². The minimum Gasteiger partial charge on any atom is -0.310 e. The van der Waals surface area contributed by atoms with Crippen molar-refractivity contribution in [3.8, 4) is 10.4 Å². The van der Waals surface area contributed by atoms with Gasteiger partial charge < -0.3 is 5.32 Å². The summed E-state index contributed by atoms with van der Waals surface area (Å²) in [4.78, 5) is 2.77. The molecule has 0 aliphatic carbocycles. The van der Waals surface area contributed by atoms with Crippen LogP contribution in [0, 0.1) is 13.8 Å². The summed E-state index contributed by atoms with van der Waals surface area (Å²) in [5.74, 6) is 0. The summed E-state index contributed by atoms with van der Waals surface area (Å²) in [6.45, 7) is 9.70. The predicted octanol–water partition coefficient (Wildman–Crippen LogP) is 4.70. The number of aryl methyl sites for hydroxylation is 2. The monoisotopic (exact) mass is 259 g/mol. The minimum atomic E-state index is 0.444. The van der Waals surface area contributed by atoms with Crippen LogP contribution >= 0.6 is 11.3 Å². The molecule has 0 radical (unpaired) electrons. The van der Waals surface area contributed by atoms with Crippen LogP contribution in [-0.2, 0) is 0 Å². The molecule has 18 heavy (non-hydrogen) atoms. The van der Waals surface area contributed by atoms with E-state index in [-0.39, 0.29) is 0 Å². The van der Waals surface area contributed by atoms with E-state index >= 15 is 0 Å². The van der Waals surface area contributed by atoms with Gasteiger partial charge in [-0.25, -0.2) is 0 Å². The number of hydrogen-bond acceptors (Lipinski definition) is 2. The molecule has 2 rings (SSSR count). The molecule has 0 amide bonds. The van der Waals surface area contributed by atoms with Crippen molar-refractivity contribution in [1.29, 1.82) is 0 Å². The molecule has 2 heteroatoms. The van der Waals surface area contributed by atoms with Crippen LogP contribution in [-0.4, -0.2) is 6.54 Å². The molecule has 0 fully saturated rings. The maximum Gasteiger partial charge on any atom is 0.0386 e. The summed E-state index contributed by atoms with van der Waals surface area (Å²) in [5, 5.41) is 3.46. The Morgan fingerprint density at radius 2 is 1.78 bits per heavy atom. The van der Waals surface area contributed by atoms with E-state index < -0.39 is 0 Å². The fraction of sp³-hybridized carbons (Fsp3) is 0.375. The largest absolute Gasteiger partial charge is 0.310 e. The summed E-state index contributed by atoms with van der Waals surface area (Å²) in [6, 6.07) is 11.7. The van der Waals surface area contributed by atoms with Gasteiger partial charge in [-0.15, -0.1) is 11.3 Å². The third-order valence-electron chi connectivity index (χ3n) is 3.07. The molecular weight excluding hydrogens is 238 g/mol. The van der Waals surface area contributed by atoms with Crippen LogP contribution in [0.4, 0.5) is 0 Å². The fourth-order valence-corrected chi connectivity index (χ4v) is 3.29. The Hall–Kier alpha value is -1.12. The van der Waals surface area contributed by atoms with E-state index in [4.69, 9.17) is 0 Å². The summed E-state index contributed by atoms with van der Waals surface area (Å²) in [6.07, 6.45) is 0. The molecule has 1 N–H and O–H groups in total. The van der Waals surface area contributed by atoms with Gasteiger partial charge in [0, 0.05) is 15.8 Å². The molecule has 0 spiro atoms. The van der Waals surface area contributed by atoms with Crippen molar-refractivity contribution in [3.05, 3.63) is 46.3 Å². The number of benzene rings is 1. The highest BCUT2D eigenvalue weighted by molar-refractivity contribution is 7.15. The molecule has 2 aromatic rings. The van der Waals surface area contributed by atoms with Gasteiger partial charge in [-0.2, -0.15) is 0 Å². The van der Waals surface area contributed by atoms with Gasteiger partial charge in [0.15, 0.2) is 0 Å². The average Bonchev–Trinajstić information content (AvgIpc) is 2.77. The van der Waals surface area contributed by atoms with Crippen LogP contribution in [0.1, 0.15) is 35.9 Å². The van der Waals surface area contributed by atoms with Gasteiger partial charge in [-0.1, -0.05) is 36.2 Å². The predicted molar refractivity (Wildman–Crippen MR) is 81.3 cm³/mol. The minimum absolute atomic E-state index is 0.444. The maximum absolute atomic E-state index is 3.46. The standard InChI is InChI=1S/C16H21NS/c1-5-17-13(4)15-6-7-16(18-15)14-9-11(2)8-12(3)10-14/h6-10,13,17H,5H2,1-4H3. The Morgan fingerprint density at radius 1 is 1.11 bits per heavy atom. The van der Waals surface area contributed by atoms with Crippen LogP contribution < -0.4 is 5.32 Å². The summed E-state index contributed by atoms with van der Waals surface area (Å²) >= 11 is 1.89. The van der Waals surface area contributed by atoms with Crippen LogP contribution in [0.15, 0.2) is 30.3 Å². The lowest BCUT2D eigenvalue weighted by Gasteiger charge is -2.09. The van der Waals surface area contributed by atoms with Crippen molar-refractivity contribution < 1.29 is 0 Å². The molecule has 0 bridgehead atoms. The van der Waals surface area contributed by atoms with E-state index in [0.29, 0.717) is 6.04 Å². The molecule has 1 aromatic heterocycles. The summed E-state index contributed by atoms with van der Waals surface area (Å²) in [5.41, 5.74) is 4.01. The molecule has 1 nitrogen and oxygen atoms in total. The Labute approximate surface area is 114 Å². The number of hydrogen-bond donors (Lipinski definition) is 1. The molecule has 96 valence electrons. The topological polar surface area (TPSA) is 12.0 Å². The van der Waals surface area contributed by atoms with E-state index in [1.54, 1.807) is 0 Å². The highest BCUT2D eigenvalue weighted by atomic mass is 32.1. The van der Waals surface area contributed by atoms with Crippen LogP contribution in [0.25, 0.3) is 10.4 Å². The Bertz CT molecular complexity index is 507. The second kappa shape index (κ2) is 5.68. The van der Waals surface area contributed by atoms with Gasteiger partial charge >= 0.3 is 0 Å². The van der Waals surface area contributed by atoms with Gasteiger partial charge in [-0.05, 0) is 45.0 Å². The SMILES string of the molecule is CCNC(C)c1ccc(-c2cc(C)cc(C)c2)s1. The molecule has 0 aliphatic rings. The average molecular weight is 259 g/mol. The molecule has 1 unspecified atom stereocenters. The van der Waals surface area contributed by atoms with E-state index in [9.17, 15) is 0 Å². The smallest absolute Gasteiger partial charge is 0.0386 e. The van der Waals surface area contributed by atoms with Gasteiger partial charge in [0.2, 0.25) is 0 Å². The van der Waals surface area contributed by atoms with E-state index in [1.807, 2.05) is 11.3 Å². The quantitative estimate of drug-likeness (QED) is 0.839. The van der Waals surface area contributed by atoms with Crippen molar-refractivity contribution in [1.82, 2.24) is 5.32 Å². The van der Waals surface area contributed by atoms with Crippen molar-refractivity contribution in [3.63, 3.8) is 0 Å². The molecule has 1 heterocycles. The lowest BCUT2D eigenvalue weighted by molar-refractivity contribution is 0.607. The maximum atomic E-state index is 3.46. The zero-order valence-corrected chi connectivity index (χ0v) is 12.4. The highest BCUT2D eigenvalue weighted by Crippen LogP contribution is 2.32. The second-order valence-corrected chi connectivity index (χ2v) is 5.97.